The molecule has 0 fully saturated rings. The summed E-state index contributed by atoms with van der Waals surface area (Å²) in [6, 6.07) is 0. The van der Waals surface area contributed by atoms with Crippen molar-refractivity contribution >= 4 is 20.8 Å². The van der Waals surface area contributed by atoms with Gasteiger partial charge in [-0.05, 0) is 52.0 Å². The van der Waals surface area contributed by atoms with Gasteiger partial charge in [0.2, 0.25) is 0 Å². The quantitative estimate of drug-likeness (QED) is 0.243. The Morgan fingerprint density at radius 1 is 0.741 bits per heavy atom. The summed E-state index contributed by atoms with van der Waals surface area (Å²) in [6.07, 6.45) is 9.97. The topological polar surface area (TPSA) is 190 Å². The second kappa shape index (κ2) is 17.0. The minimum atomic E-state index is -4.67. The first-order chi connectivity index (χ1) is 12.1. The summed E-state index contributed by atoms with van der Waals surface area (Å²) in [5.41, 5.74) is 3.63. The molecule has 0 aromatic carbocycles. The van der Waals surface area contributed by atoms with E-state index in [9.17, 15) is 5.11 Å². The fourth-order valence-electron chi connectivity index (χ4n) is 1.55. The Balaban J connectivity index is -0.000000471. The monoisotopic (exact) mass is 434 g/mol. The predicted octanol–water partition coefficient (Wildman–Crippen LogP) is 2.06. The lowest BCUT2D eigenvalue weighted by atomic mass is 10.1. The first kappa shape index (κ1) is 30.6. The molecule has 0 heterocycles. The van der Waals surface area contributed by atoms with Crippen molar-refractivity contribution in [3.63, 3.8) is 0 Å². The number of hydrogen-bond donors (Lipinski definition) is 6. The Morgan fingerprint density at radius 3 is 1.48 bits per heavy atom. The van der Waals surface area contributed by atoms with Crippen LogP contribution < -0.4 is 0 Å². The number of rotatable bonds is 8. The number of aliphatic hydroxyl groups excluding tert-OH is 2. The van der Waals surface area contributed by atoms with Crippen molar-refractivity contribution in [2.75, 3.05) is 13.2 Å². The van der Waals surface area contributed by atoms with Gasteiger partial charge in [0, 0.05) is 0 Å². The van der Waals surface area contributed by atoms with E-state index in [4.69, 9.17) is 40.2 Å². The molecule has 0 spiro atoms. The smallest absolute Gasteiger partial charge is 0.392 e. The van der Waals surface area contributed by atoms with Gasteiger partial charge in [-0.1, -0.05) is 29.4 Å². The molecule has 0 rings (SSSR count). The van der Waals surface area contributed by atoms with E-state index in [2.05, 4.69) is 26.0 Å². The van der Waals surface area contributed by atoms with E-state index in [-0.39, 0.29) is 13.2 Å². The molecule has 0 atom stereocenters. The lowest BCUT2D eigenvalue weighted by Gasteiger charge is -2.03. The number of allylic oxidation sites excluding steroid dienone is 4. The van der Waals surface area contributed by atoms with Crippen LogP contribution in [0.4, 0.5) is 0 Å². The zero-order valence-corrected chi connectivity index (χ0v) is 17.2. The maximum Gasteiger partial charge on any atom is 0.394 e. The molecule has 0 aromatic heterocycles. The van der Waals surface area contributed by atoms with Crippen LogP contribution in [-0.4, -0.2) is 58.5 Å². The lowest BCUT2D eigenvalue weighted by Crippen LogP contribution is -1.91. The Kier molecular flexibility index (Phi) is 19.3. The van der Waals surface area contributed by atoms with Crippen LogP contribution in [0.5, 0.6) is 0 Å². The second-order valence-corrected chi connectivity index (χ2v) is 7.30. The molecule has 162 valence electrons. The van der Waals surface area contributed by atoms with Crippen LogP contribution >= 0.6 is 0 Å². The standard InChI is InChI=1S/C15H26O2.2H2O4S/c1-13(2)6-4-8-15(12-17)9-5-7-14(3)10-11-16;2*1-5(2,3)4/h6,9-10,16-17H,4-5,7-8,11-12H2,1-3H3;2*(H2,1,2,3,4). The summed E-state index contributed by atoms with van der Waals surface area (Å²) in [5, 5.41) is 17.9. The Hall–Kier alpha value is -1.12. The summed E-state index contributed by atoms with van der Waals surface area (Å²) in [7, 11) is -9.33. The summed E-state index contributed by atoms with van der Waals surface area (Å²) in [6.45, 7) is 6.46. The van der Waals surface area contributed by atoms with Crippen molar-refractivity contribution in [1.29, 1.82) is 0 Å². The van der Waals surface area contributed by atoms with Crippen LogP contribution in [0.25, 0.3) is 0 Å². The van der Waals surface area contributed by atoms with Gasteiger partial charge >= 0.3 is 20.8 Å². The highest BCUT2D eigenvalue weighted by atomic mass is 32.3. The van der Waals surface area contributed by atoms with E-state index in [1.54, 1.807) is 0 Å². The van der Waals surface area contributed by atoms with Gasteiger partial charge in [0.25, 0.3) is 0 Å². The van der Waals surface area contributed by atoms with Gasteiger partial charge in [-0.25, -0.2) is 0 Å². The van der Waals surface area contributed by atoms with E-state index in [0.717, 1.165) is 31.3 Å². The molecule has 27 heavy (non-hydrogen) atoms. The zero-order chi connectivity index (χ0) is 22.1. The molecule has 10 nitrogen and oxygen atoms in total. The molecule has 0 saturated carbocycles. The normalized spacial score (nSPS) is 12.3. The van der Waals surface area contributed by atoms with Crippen molar-refractivity contribution in [1.82, 2.24) is 0 Å². The van der Waals surface area contributed by atoms with Crippen LogP contribution in [0.3, 0.4) is 0 Å². The Bertz CT molecular complexity index is 623. The summed E-state index contributed by atoms with van der Waals surface area (Å²) >= 11 is 0. The number of aliphatic hydroxyl groups is 2. The van der Waals surface area contributed by atoms with Crippen molar-refractivity contribution < 1.29 is 45.3 Å². The molecule has 0 aromatic rings. The average molecular weight is 435 g/mol. The van der Waals surface area contributed by atoms with Crippen molar-refractivity contribution in [2.45, 2.75) is 46.5 Å². The van der Waals surface area contributed by atoms with Crippen LogP contribution in [0.1, 0.15) is 46.5 Å². The SMILES string of the molecule is CC(C)=CCCC(=CCCC(C)=CCO)CO.O=S(=O)(O)O.O=S(=O)(O)O. The van der Waals surface area contributed by atoms with Gasteiger partial charge in [-0.2, -0.15) is 16.8 Å². The van der Waals surface area contributed by atoms with Crippen LogP contribution in [0.2, 0.25) is 0 Å². The first-order valence-electron chi connectivity index (χ1n) is 7.68. The van der Waals surface area contributed by atoms with Crippen molar-refractivity contribution in [2.24, 2.45) is 0 Å². The van der Waals surface area contributed by atoms with E-state index in [1.165, 1.54) is 11.1 Å². The maximum absolute atomic E-state index is 9.22. The lowest BCUT2D eigenvalue weighted by molar-refractivity contribution is 0.326. The number of hydrogen-bond acceptors (Lipinski definition) is 6. The Labute approximate surface area is 161 Å². The van der Waals surface area contributed by atoms with Crippen LogP contribution in [0.15, 0.2) is 34.9 Å². The zero-order valence-electron chi connectivity index (χ0n) is 15.6. The molecule has 0 saturated heterocycles. The minimum absolute atomic E-state index is 0.114. The van der Waals surface area contributed by atoms with E-state index >= 15 is 0 Å². The largest absolute Gasteiger partial charge is 0.394 e. The van der Waals surface area contributed by atoms with E-state index in [0.29, 0.717) is 0 Å². The third-order valence-electron chi connectivity index (χ3n) is 2.63. The van der Waals surface area contributed by atoms with Crippen LogP contribution in [0, 0.1) is 0 Å². The van der Waals surface area contributed by atoms with Gasteiger partial charge in [-0.15, -0.1) is 0 Å². The Morgan fingerprint density at radius 2 is 1.15 bits per heavy atom. The highest BCUT2D eigenvalue weighted by Gasteiger charge is 1.95. The highest BCUT2D eigenvalue weighted by Crippen LogP contribution is 2.11. The van der Waals surface area contributed by atoms with Gasteiger partial charge in [0.1, 0.15) is 0 Å². The third kappa shape index (κ3) is 51.6. The molecule has 0 aliphatic rings. The van der Waals surface area contributed by atoms with Gasteiger partial charge in [0.15, 0.2) is 0 Å². The van der Waals surface area contributed by atoms with Gasteiger partial charge in [0.05, 0.1) is 13.2 Å². The first-order valence-corrected chi connectivity index (χ1v) is 10.5. The van der Waals surface area contributed by atoms with Gasteiger partial charge < -0.3 is 10.2 Å². The third-order valence-corrected chi connectivity index (χ3v) is 2.63. The molecule has 0 unspecified atom stereocenters. The second-order valence-electron chi connectivity index (χ2n) is 5.51. The molecule has 0 radical (unpaired) electrons. The van der Waals surface area contributed by atoms with Gasteiger partial charge in [-0.3, -0.25) is 18.2 Å². The molecule has 0 bridgehead atoms. The summed E-state index contributed by atoms with van der Waals surface area (Å²) < 4.78 is 63.2. The highest BCUT2D eigenvalue weighted by molar-refractivity contribution is 7.80. The molecule has 6 N–H and O–H groups in total. The molecule has 0 amide bonds. The van der Waals surface area contributed by atoms with E-state index < -0.39 is 20.8 Å². The maximum atomic E-state index is 9.22. The average Bonchev–Trinajstić information content (AvgIpc) is 2.42. The molecule has 0 aliphatic heterocycles. The van der Waals surface area contributed by atoms with Crippen LogP contribution in [-0.2, 0) is 20.8 Å². The fourth-order valence-corrected chi connectivity index (χ4v) is 1.55. The molecular weight excluding hydrogens is 404 g/mol. The molecule has 12 heteroatoms. The summed E-state index contributed by atoms with van der Waals surface area (Å²) in [4.78, 5) is 0. The molecule has 0 aliphatic carbocycles. The van der Waals surface area contributed by atoms with Crippen molar-refractivity contribution in [3.8, 4) is 0 Å². The predicted molar refractivity (Wildman–Crippen MR) is 102 cm³/mol. The minimum Gasteiger partial charge on any atom is -0.392 e. The molecular formula is C15H30O10S2. The van der Waals surface area contributed by atoms with Crippen molar-refractivity contribution in [3.05, 3.63) is 34.9 Å². The fraction of sp³-hybridized carbons (Fsp3) is 0.600. The summed E-state index contributed by atoms with van der Waals surface area (Å²) in [5.74, 6) is 0. The van der Waals surface area contributed by atoms with E-state index in [1.807, 2.05) is 13.0 Å².